The number of nitrogens with zero attached hydrogens (tertiary/aromatic N) is 1. The van der Waals surface area contributed by atoms with E-state index in [1.807, 2.05) is 30.3 Å². The van der Waals surface area contributed by atoms with Crippen molar-refractivity contribution < 1.29 is 45.9 Å². The Hall–Kier alpha value is -3.65. The van der Waals surface area contributed by atoms with Crippen LogP contribution in [0.5, 0.6) is 0 Å². The molecule has 250 valence electrons. The van der Waals surface area contributed by atoms with Crippen molar-refractivity contribution >= 4 is 33.3 Å². The van der Waals surface area contributed by atoms with Crippen LogP contribution in [0, 0.1) is 17.8 Å². The van der Waals surface area contributed by atoms with Gasteiger partial charge in [0.25, 0.3) is 5.91 Å². The second-order valence-electron chi connectivity index (χ2n) is 12.4. The minimum absolute atomic E-state index is 0.0418. The second-order valence-corrected chi connectivity index (χ2v) is 14.9. The number of hydrogen-bond acceptors (Lipinski definition) is 8. The number of amides is 1. The molecule has 7 atom stereocenters. The van der Waals surface area contributed by atoms with E-state index < -0.39 is 79.9 Å². The summed E-state index contributed by atoms with van der Waals surface area (Å²) in [5.74, 6) is -8.56. The molecular formula is C33H32ClF3N2O7S. The first-order chi connectivity index (χ1) is 22.3. The summed E-state index contributed by atoms with van der Waals surface area (Å²) in [5.41, 5.74) is -0.980. The summed E-state index contributed by atoms with van der Waals surface area (Å²) in [4.78, 5) is 31.4. The summed E-state index contributed by atoms with van der Waals surface area (Å²) in [5, 5.41) is 15.0. The van der Waals surface area contributed by atoms with Crippen LogP contribution in [-0.2, 0) is 30.8 Å². The molecule has 9 nitrogen and oxygen atoms in total. The lowest BCUT2D eigenvalue weighted by Gasteiger charge is -2.41. The van der Waals surface area contributed by atoms with Gasteiger partial charge in [0.1, 0.15) is 18.1 Å². The Balaban J connectivity index is 1.30. The highest BCUT2D eigenvalue weighted by Gasteiger charge is 2.66. The summed E-state index contributed by atoms with van der Waals surface area (Å²) in [7, 11) is -3.10. The first-order valence-electron chi connectivity index (χ1n) is 15.0. The molecule has 2 saturated carbocycles. The predicted octanol–water partition coefficient (Wildman–Crippen LogP) is 5.27. The molecule has 2 N–H and O–H groups in total. The third-order valence-electron chi connectivity index (χ3n) is 9.75. The number of benzene rings is 2. The van der Waals surface area contributed by atoms with Crippen LogP contribution in [0.25, 0.3) is 0 Å². The number of nitrogens with one attached hydrogen (secondary N) is 1. The lowest BCUT2D eigenvalue weighted by atomic mass is 9.76. The molecule has 6 rings (SSSR count). The summed E-state index contributed by atoms with van der Waals surface area (Å²) in [6.45, 7) is 1.46. The number of carbonyl (C=O) groups excluding carboxylic acids is 2. The zero-order chi connectivity index (χ0) is 33.8. The number of methoxy groups -OCH3 is 1. The van der Waals surface area contributed by atoms with Crippen molar-refractivity contribution in [3.05, 3.63) is 100 Å². The van der Waals surface area contributed by atoms with E-state index in [1.54, 1.807) is 0 Å². The van der Waals surface area contributed by atoms with Crippen molar-refractivity contribution in [1.29, 1.82) is 0 Å². The fourth-order valence-electron chi connectivity index (χ4n) is 7.51. The van der Waals surface area contributed by atoms with E-state index >= 15 is 0 Å². The van der Waals surface area contributed by atoms with E-state index in [2.05, 4.69) is 5.32 Å². The van der Waals surface area contributed by atoms with Crippen LogP contribution in [0.4, 0.5) is 13.2 Å². The lowest BCUT2D eigenvalue weighted by molar-refractivity contribution is -0.180. The number of aliphatic hydroxyl groups is 1. The standard InChI is InChI=1S/C33H32ClF3N2O7S/c1-17-25(13-24(35)28(37)27(17)36)38-31(40)19-9-11-23(34)26(12-19)47(43,44)29-20-8-10-22(29)33(42,14-20)30-21(32(41)45-2)16-46-39(30)15-18-6-4-3-5-7-18/h3-7,9,11-13,16-17,20,22,25,29-30,42H,8,10,14-15H2,1-2H3,(H,38,40). The normalized spacial score (nSPS) is 30.5. The third-order valence-corrected chi connectivity index (χ3v) is 12.6. The third kappa shape index (κ3) is 5.66. The highest BCUT2D eigenvalue weighted by molar-refractivity contribution is 7.92. The van der Waals surface area contributed by atoms with Crippen LogP contribution in [-0.4, -0.2) is 60.5 Å². The number of sulfone groups is 1. The maximum Gasteiger partial charge on any atom is 0.338 e. The number of halogens is 4. The van der Waals surface area contributed by atoms with Crippen molar-refractivity contribution in [2.24, 2.45) is 17.8 Å². The van der Waals surface area contributed by atoms with Crippen molar-refractivity contribution in [2.45, 2.75) is 60.6 Å². The topological polar surface area (TPSA) is 122 Å². The molecule has 14 heteroatoms. The molecule has 0 saturated heterocycles. The molecule has 4 aliphatic rings. The molecule has 0 aromatic heterocycles. The van der Waals surface area contributed by atoms with Gasteiger partial charge >= 0.3 is 5.97 Å². The van der Waals surface area contributed by atoms with Gasteiger partial charge < -0.3 is 20.0 Å². The molecule has 1 aliphatic heterocycles. The van der Waals surface area contributed by atoms with Crippen LogP contribution in [0.1, 0.15) is 42.1 Å². The number of hydroxylamine groups is 2. The molecule has 2 aromatic carbocycles. The average Bonchev–Trinajstić information content (AvgIpc) is 3.75. The Bertz CT molecular complexity index is 1820. The summed E-state index contributed by atoms with van der Waals surface area (Å²) < 4.78 is 75.4. The zero-order valence-corrected chi connectivity index (χ0v) is 26.9. The monoisotopic (exact) mass is 692 g/mol. The van der Waals surface area contributed by atoms with Gasteiger partial charge in [0.2, 0.25) is 0 Å². The van der Waals surface area contributed by atoms with Gasteiger partial charge in [-0.05, 0) is 55.0 Å². The highest BCUT2D eigenvalue weighted by Crippen LogP contribution is 2.58. The van der Waals surface area contributed by atoms with Gasteiger partial charge in [-0.1, -0.05) is 48.9 Å². The van der Waals surface area contributed by atoms with Crippen LogP contribution in [0.3, 0.4) is 0 Å². The molecule has 7 unspecified atom stereocenters. The number of allylic oxidation sites excluding steroid dienone is 2. The average molecular weight is 693 g/mol. The van der Waals surface area contributed by atoms with Crippen LogP contribution in [0.2, 0.25) is 5.02 Å². The molecule has 2 fully saturated rings. The molecule has 1 amide bonds. The first-order valence-corrected chi connectivity index (χ1v) is 17.0. The van der Waals surface area contributed by atoms with Crippen LogP contribution in [0.15, 0.2) is 88.8 Å². The number of rotatable bonds is 8. The van der Waals surface area contributed by atoms with Crippen molar-refractivity contribution in [3.8, 4) is 0 Å². The van der Waals surface area contributed by atoms with Crippen LogP contribution < -0.4 is 5.32 Å². The fraction of sp³-hybridized carbons (Fsp3) is 0.394. The molecule has 47 heavy (non-hydrogen) atoms. The quantitative estimate of drug-likeness (QED) is 0.359. The maximum atomic E-state index is 14.4. The summed E-state index contributed by atoms with van der Waals surface area (Å²) >= 11 is 6.42. The number of carbonyl (C=O) groups is 2. The van der Waals surface area contributed by atoms with Gasteiger partial charge in [-0.25, -0.2) is 26.4 Å². The predicted molar refractivity (Wildman–Crippen MR) is 164 cm³/mol. The van der Waals surface area contributed by atoms with E-state index in [-0.39, 0.29) is 34.0 Å². The Morgan fingerprint density at radius 1 is 1.15 bits per heavy atom. The van der Waals surface area contributed by atoms with E-state index in [9.17, 15) is 36.3 Å². The second kappa shape index (κ2) is 12.4. The molecular weight excluding hydrogens is 661 g/mol. The van der Waals surface area contributed by atoms with Crippen molar-refractivity contribution in [1.82, 2.24) is 10.4 Å². The fourth-order valence-corrected chi connectivity index (χ4v) is 10.4. The Morgan fingerprint density at radius 3 is 2.57 bits per heavy atom. The van der Waals surface area contributed by atoms with E-state index in [1.165, 1.54) is 37.5 Å². The Kier molecular flexibility index (Phi) is 8.79. The van der Waals surface area contributed by atoms with E-state index in [4.69, 9.17) is 21.2 Å². The molecule has 3 aliphatic carbocycles. The van der Waals surface area contributed by atoms with E-state index in [0.717, 1.165) is 17.7 Å². The van der Waals surface area contributed by atoms with Gasteiger partial charge in [0.15, 0.2) is 21.5 Å². The summed E-state index contributed by atoms with van der Waals surface area (Å²) in [6, 6.07) is 10.5. The smallest absolute Gasteiger partial charge is 0.338 e. The number of esters is 1. The molecule has 2 aromatic rings. The zero-order valence-electron chi connectivity index (χ0n) is 25.3. The van der Waals surface area contributed by atoms with E-state index in [0.29, 0.717) is 12.8 Å². The van der Waals surface area contributed by atoms with Gasteiger partial charge in [0, 0.05) is 17.4 Å². The molecule has 2 bridgehead atoms. The maximum absolute atomic E-state index is 14.4. The highest BCUT2D eigenvalue weighted by atomic mass is 35.5. The number of hydrogen-bond donors (Lipinski definition) is 2. The Morgan fingerprint density at radius 2 is 1.87 bits per heavy atom. The SMILES string of the molecule is COC(=O)C1=CON(Cc2ccccc2)C1C1(O)CC2CCC1C2S(=O)(=O)c1cc(C(=O)NC2C=C(F)C(F)=C(F)C2C)ccc1Cl. The van der Waals surface area contributed by atoms with Gasteiger partial charge in [-0.15, -0.1) is 5.06 Å². The number of fused-ring (bicyclic) bond motifs is 2. The number of ether oxygens (including phenoxy) is 1. The largest absolute Gasteiger partial charge is 0.466 e. The lowest BCUT2D eigenvalue weighted by Crippen LogP contribution is -2.56. The minimum Gasteiger partial charge on any atom is -0.466 e. The van der Waals surface area contributed by atoms with Crippen molar-refractivity contribution in [3.63, 3.8) is 0 Å². The Labute approximate surface area is 274 Å². The van der Waals surface area contributed by atoms with Crippen LogP contribution >= 0.6 is 11.6 Å². The molecule has 0 spiro atoms. The van der Waals surface area contributed by atoms with Gasteiger partial charge in [0.05, 0.1) is 46.0 Å². The minimum atomic E-state index is -4.31. The van der Waals surface area contributed by atoms with Gasteiger partial charge in [-0.3, -0.25) is 4.79 Å². The van der Waals surface area contributed by atoms with Gasteiger partial charge in [-0.2, -0.15) is 0 Å². The summed E-state index contributed by atoms with van der Waals surface area (Å²) in [6.07, 6.45) is 2.83. The van der Waals surface area contributed by atoms with Crippen molar-refractivity contribution in [2.75, 3.05) is 7.11 Å². The first kappa shape index (κ1) is 33.3. The molecule has 0 radical (unpaired) electrons. The molecule has 1 heterocycles.